The maximum Gasteiger partial charge on any atom is 0.257 e. The zero-order chi connectivity index (χ0) is 20.2. The summed E-state index contributed by atoms with van der Waals surface area (Å²) in [5.74, 6) is -0.0829. The van der Waals surface area contributed by atoms with Crippen molar-refractivity contribution in [1.82, 2.24) is 15.1 Å². The van der Waals surface area contributed by atoms with Gasteiger partial charge in [-0.15, -0.1) is 0 Å². The molecule has 150 valence electrons. The van der Waals surface area contributed by atoms with Gasteiger partial charge in [-0.05, 0) is 23.8 Å². The van der Waals surface area contributed by atoms with Crippen molar-refractivity contribution in [3.8, 4) is 11.3 Å². The molecule has 1 saturated heterocycles. The largest absolute Gasteiger partial charge is 0.378 e. The number of ether oxygens (including phenoxy) is 1. The molecule has 0 radical (unpaired) electrons. The van der Waals surface area contributed by atoms with Crippen LogP contribution < -0.4 is 4.90 Å². The number of hydrogen-bond acceptors (Lipinski definition) is 4. The highest BCUT2D eigenvalue weighted by molar-refractivity contribution is 6.30. The number of anilines is 1. The predicted molar refractivity (Wildman–Crippen MR) is 114 cm³/mol. The molecule has 1 aliphatic heterocycles. The van der Waals surface area contributed by atoms with Gasteiger partial charge < -0.3 is 14.5 Å². The number of aromatic amines is 1. The first-order valence-corrected chi connectivity index (χ1v) is 9.96. The molecule has 1 aromatic heterocycles. The molecule has 0 spiro atoms. The SMILES string of the molecule is CN(Cc1ccccc1N1CCOCC1)C(=O)c1cn[nH]c1-c1ccc(Cl)cc1. The molecule has 2 aromatic carbocycles. The fourth-order valence-electron chi connectivity index (χ4n) is 3.58. The Morgan fingerprint density at radius 2 is 1.90 bits per heavy atom. The van der Waals surface area contributed by atoms with Gasteiger partial charge in [0.25, 0.3) is 5.91 Å². The van der Waals surface area contributed by atoms with Crippen LogP contribution in [0.4, 0.5) is 5.69 Å². The molecule has 4 rings (SSSR count). The quantitative estimate of drug-likeness (QED) is 0.694. The second kappa shape index (κ2) is 8.68. The number of aromatic nitrogens is 2. The number of para-hydroxylation sites is 1. The van der Waals surface area contributed by atoms with Crippen molar-refractivity contribution in [3.05, 3.63) is 70.9 Å². The molecule has 2 heterocycles. The molecule has 0 atom stereocenters. The minimum atomic E-state index is -0.0829. The van der Waals surface area contributed by atoms with Crippen molar-refractivity contribution in [2.75, 3.05) is 38.3 Å². The van der Waals surface area contributed by atoms with Crippen molar-refractivity contribution >= 4 is 23.2 Å². The molecule has 7 heteroatoms. The van der Waals surface area contributed by atoms with Crippen LogP contribution in [0.25, 0.3) is 11.3 Å². The van der Waals surface area contributed by atoms with Crippen molar-refractivity contribution in [2.45, 2.75) is 6.54 Å². The van der Waals surface area contributed by atoms with Crippen LogP contribution in [0, 0.1) is 0 Å². The highest BCUT2D eigenvalue weighted by atomic mass is 35.5. The van der Waals surface area contributed by atoms with E-state index in [0.29, 0.717) is 22.8 Å². The van der Waals surface area contributed by atoms with Gasteiger partial charge in [-0.3, -0.25) is 9.89 Å². The van der Waals surface area contributed by atoms with Gasteiger partial charge in [0.15, 0.2) is 0 Å². The van der Waals surface area contributed by atoms with E-state index >= 15 is 0 Å². The van der Waals surface area contributed by atoms with Crippen LogP contribution in [0.1, 0.15) is 15.9 Å². The van der Waals surface area contributed by atoms with Gasteiger partial charge in [-0.25, -0.2) is 0 Å². The zero-order valence-corrected chi connectivity index (χ0v) is 17.0. The molecular formula is C22H23ClN4O2. The Bertz CT molecular complexity index is 980. The summed E-state index contributed by atoms with van der Waals surface area (Å²) in [7, 11) is 1.82. The van der Waals surface area contributed by atoms with E-state index in [4.69, 9.17) is 16.3 Å². The minimum Gasteiger partial charge on any atom is -0.378 e. The van der Waals surface area contributed by atoms with E-state index in [1.54, 1.807) is 23.2 Å². The highest BCUT2D eigenvalue weighted by Crippen LogP contribution is 2.26. The van der Waals surface area contributed by atoms with Crippen LogP contribution in [0.15, 0.2) is 54.7 Å². The normalized spacial score (nSPS) is 14.1. The number of carbonyl (C=O) groups is 1. The van der Waals surface area contributed by atoms with Gasteiger partial charge >= 0.3 is 0 Å². The minimum absolute atomic E-state index is 0.0829. The van der Waals surface area contributed by atoms with Crippen molar-refractivity contribution in [3.63, 3.8) is 0 Å². The zero-order valence-electron chi connectivity index (χ0n) is 16.3. The molecule has 0 saturated carbocycles. The Balaban J connectivity index is 1.55. The number of hydrogen-bond donors (Lipinski definition) is 1. The molecule has 3 aromatic rings. The molecule has 6 nitrogen and oxygen atoms in total. The van der Waals surface area contributed by atoms with Crippen molar-refractivity contribution in [2.24, 2.45) is 0 Å². The Hall–Kier alpha value is -2.83. The second-order valence-electron chi connectivity index (χ2n) is 7.05. The molecule has 29 heavy (non-hydrogen) atoms. The fourth-order valence-corrected chi connectivity index (χ4v) is 3.70. The average Bonchev–Trinajstić information content (AvgIpc) is 3.24. The molecule has 0 bridgehead atoms. The number of morpholine rings is 1. The van der Waals surface area contributed by atoms with Gasteiger partial charge in [-0.1, -0.05) is 41.9 Å². The molecule has 1 N–H and O–H groups in total. The lowest BCUT2D eigenvalue weighted by Crippen LogP contribution is -2.37. The van der Waals surface area contributed by atoms with E-state index in [2.05, 4.69) is 27.2 Å². The van der Waals surface area contributed by atoms with E-state index in [1.807, 2.05) is 31.3 Å². The van der Waals surface area contributed by atoms with Gasteiger partial charge in [0.2, 0.25) is 0 Å². The predicted octanol–water partition coefficient (Wildman–Crippen LogP) is 3.84. The number of benzene rings is 2. The molecular weight excluding hydrogens is 388 g/mol. The topological polar surface area (TPSA) is 61.5 Å². The number of halogens is 1. The van der Waals surface area contributed by atoms with Crippen molar-refractivity contribution in [1.29, 1.82) is 0 Å². The third-order valence-corrected chi connectivity index (χ3v) is 5.35. The molecule has 1 fully saturated rings. The monoisotopic (exact) mass is 410 g/mol. The Morgan fingerprint density at radius 1 is 1.17 bits per heavy atom. The molecule has 0 unspecified atom stereocenters. The third-order valence-electron chi connectivity index (χ3n) is 5.10. The van der Waals surface area contributed by atoms with Crippen LogP contribution >= 0.6 is 11.6 Å². The number of rotatable bonds is 5. The van der Waals surface area contributed by atoms with E-state index < -0.39 is 0 Å². The van der Waals surface area contributed by atoms with E-state index in [9.17, 15) is 4.79 Å². The summed E-state index contributed by atoms with van der Waals surface area (Å²) >= 11 is 5.98. The number of carbonyl (C=O) groups excluding carboxylic acids is 1. The van der Waals surface area contributed by atoms with Crippen LogP contribution in [0.5, 0.6) is 0 Å². The van der Waals surface area contributed by atoms with Gasteiger partial charge in [-0.2, -0.15) is 5.10 Å². The second-order valence-corrected chi connectivity index (χ2v) is 7.49. The Morgan fingerprint density at radius 3 is 2.66 bits per heavy atom. The fraction of sp³-hybridized carbons (Fsp3) is 0.273. The van der Waals surface area contributed by atoms with Crippen LogP contribution in [0.3, 0.4) is 0 Å². The van der Waals surface area contributed by atoms with Gasteiger partial charge in [0.05, 0.1) is 30.7 Å². The summed E-state index contributed by atoms with van der Waals surface area (Å²) in [5.41, 5.74) is 4.37. The maximum absolute atomic E-state index is 13.2. The van der Waals surface area contributed by atoms with Gasteiger partial charge in [0.1, 0.15) is 0 Å². The number of nitrogens with zero attached hydrogens (tertiary/aromatic N) is 3. The summed E-state index contributed by atoms with van der Waals surface area (Å²) in [5, 5.41) is 7.69. The lowest BCUT2D eigenvalue weighted by Gasteiger charge is -2.31. The van der Waals surface area contributed by atoms with E-state index in [-0.39, 0.29) is 5.91 Å². The summed E-state index contributed by atoms with van der Waals surface area (Å²) in [6.45, 7) is 3.68. The Labute approximate surface area is 175 Å². The van der Waals surface area contributed by atoms with Crippen molar-refractivity contribution < 1.29 is 9.53 Å². The molecule has 0 aliphatic carbocycles. The average molecular weight is 411 g/mol. The lowest BCUT2D eigenvalue weighted by molar-refractivity contribution is 0.0785. The number of H-pyrrole nitrogens is 1. The third kappa shape index (κ3) is 4.28. The highest BCUT2D eigenvalue weighted by Gasteiger charge is 2.21. The summed E-state index contributed by atoms with van der Waals surface area (Å²) < 4.78 is 5.47. The standard InChI is InChI=1S/C22H23ClN4O2/c1-26(15-17-4-2-3-5-20(17)27-10-12-29-13-11-27)22(28)19-14-24-25-21(19)16-6-8-18(23)9-7-16/h2-9,14H,10-13,15H2,1H3,(H,24,25). The van der Waals surface area contributed by atoms with Crippen LogP contribution in [0.2, 0.25) is 5.02 Å². The first-order valence-electron chi connectivity index (χ1n) is 9.59. The van der Waals surface area contributed by atoms with Crippen LogP contribution in [-0.2, 0) is 11.3 Å². The molecule has 1 aliphatic rings. The number of amides is 1. The smallest absolute Gasteiger partial charge is 0.257 e. The first-order chi connectivity index (χ1) is 14.1. The maximum atomic E-state index is 13.2. The summed E-state index contributed by atoms with van der Waals surface area (Å²) in [6, 6.07) is 15.6. The Kier molecular flexibility index (Phi) is 5.83. The van der Waals surface area contributed by atoms with E-state index in [0.717, 1.165) is 43.1 Å². The molecule has 1 amide bonds. The lowest BCUT2D eigenvalue weighted by atomic mass is 10.1. The summed E-state index contributed by atoms with van der Waals surface area (Å²) in [4.78, 5) is 17.2. The first kappa shape index (κ1) is 19.5. The number of nitrogens with one attached hydrogen (secondary N) is 1. The summed E-state index contributed by atoms with van der Waals surface area (Å²) in [6.07, 6.45) is 1.58. The van der Waals surface area contributed by atoms with E-state index in [1.165, 1.54) is 0 Å². The van der Waals surface area contributed by atoms with Crippen LogP contribution in [-0.4, -0.2) is 54.4 Å². The van der Waals surface area contributed by atoms with Gasteiger partial charge in [0, 0.05) is 43.0 Å².